The van der Waals surface area contributed by atoms with Gasteiger partial charge in [-0.15, -0.1) is 11.3 Å². The second kappa shape index (κ2) is 12.7. The van der Waals surface area contributed by atoms with E-state index in [4.69, 9.17) is 9.72 Å². The number of benzene rings is 2. The number of rotatable bonds is 7. The monoisotopic (exact) mass is 600 g/mol. The smallest absolute Gasteiger partial charge is 0.410 e. The molecule has 1 aliphatic heterocycles. The topological polar surface area (TPSA) is 95.0 Å². The Hall–Kier alpha value is -3.95. The van der Waals surface area contributed by atoms with Gasteiger partial charge in [0, 0.05) is 42.3 Å². The van der Waals surface area contributed by atoms with Crippen molar-refractivity contribution in [2.45, 2.75) is 58.7 Å². The molecule has 226 valence electrons. The molecule has 4 aromatic rings. The zero-order chi connectivity index (χ0) is 30.7. The van der Waals surface area contributed by atoms with E-state index >= 15 is 0 Å². The lowest BCUT2D eigenvalue weighted by atomic mass is 10.1. The summed E-state index contributed by atoms with van der Waals surface area (Å²) in [6.07, 6.45) is 2.38. The van der Waals surface area contributed by atoms with Gasteiger partial charge in [-0.05, 0) is 69.0 Å². The summed E-state index contributed by atoms with van der Waals surface area (Å²) in [6, 6.07) is 19.4. The number of aryl methyl sites for hydroxylation is 1. The number of fused-ring (bicyclic) bond motifs is 1. The second-order valence-corrected chi connectivity index (χ2v) is 13.0. The number of aromatic nitrogens is 1. The average Bonchev–Trinajstić information content (AvgIpc) is 3.44. The largest absolute Gasteiger partial charge is 0.444 e. The Morgan fingerprint density at radius 2 is 1.84 bits per heavy atom. The molecule has 0 spiro atoms. The molecule has 5 rings (SSSR count). The molecule has 0 radical (unpaired) electrons. The highest BCUT2D eigenvalue weighted by Gasteiger charge is 2.32. The van der Waals surface area contributed by atoms with Crippen LogP contribution in [0.2, 0.25) is 0 Å². The molecule has 9 heteroatoms. The fourth-order valence-corrected chi connectivity index (χ4v) is 6.52. The number of nitrogens with zero attached hydrogens (tertiary/aromatic N) is 3. The van der Waals surface area contributed by atoms with Gasteiger partial charge in [-0.2, -0.15) is 0 Å². The molecule has 2 amide bonds. The molecular weight excluding hydrogens is 560 g/mol. The highest BCUT2D eigenvalue weighted by atomic mass is 32.1. The quantitative estimate of drug-likeness (QED) is 0.244. The Morgan fingerprint density at radius 3 is 2.47 bits per heavy atom. The predicted molar refractivity (Wildman–Crippen MR) is 173 cm³/mol. The summed E-state index contributed by atoms with van der Waals surface area (Å²) in [4.78, 5) is 35.2. The Balaban J connectivity index is 1.33. The van der Waals surface area contributed by atoms with Crippen LogP contribution < -0.4 is 5.32 Å². The third-order valence-corrected chi connectivity index (χ3v) is 8.85. The lowest BCUT2D eigenvalue weighted by Gasteiger charge is -2.40. The first-order valence-electron chi connectivity index (χ1n) is 14.8. The molecule has 1 aliphatic rings. The van der Waals surface area contributed by atoms with Crippen molar-refractivity contribution >= 4 is 39.2 Å². The summed E-state index contributed by atoms with van der Waals surface area (Å²) in [5.41, 5.74) is 5.07. The van der Waals surface area contributed by atoms with Crippen LogP contribution in [-0.2, 0) is 11.2 Å². The number of thiophene rings is 1. The van der Waals surface area contributed by atoms with Gasteiger partial charge in [0.1, 0.15) is 5.60 Å². The van der Waals surface area contributed by atoms with E-state index in [1.165, 1.54) is 0 Å². The van der Waals surface area contributed by atoms with Crippen LogP contribution >= 0.6 is 11.3 Å². The normalized spacial score (nSPS) is 16.3. The van der Waals surface area contributed by atoms with Crippen LogP contribution in [-0.4, -0.2) is 69.8 Å². The summed E-state index contributed by atoms with van der Waals surface area (Å²) in [6.45, 7) is 10.9. The highest BCUT2D eigenvalue weighted by molar-refractivity contribution is 7.22. The number of hydrogen-bond donors (Lipinski definition) is 2. The molecule has 0 bridgehead atoms. The van der Waals surface area contributed by atoms with Crippen LogP contribution in [0.1, 0.15) is 62.1 Å². The molecule has 1 fully saturated rings. The van der Waals surface area contributed by atoms with Gasteiger partial charge >= 0.3 is 6.09 Å². The number of nitrogens with one attached hydrogen (secondary N) is 1. The minimum atomic E-state index is -0.556. The molecular formula is C34H40N4O4S. The van der Waals surface area contributed by atoms with Gasteiger partial charge in [-0.1, -0.05) is 49.4 Å². The number of carbonyl (C=O) groups is 2. The van der Waals surface area contributed by atoms with Crippen molar-refractivity contribution in [3.05, 3.63) is 83.6 Å². The molecule has 2 N–H and O–H groups in total. The molecule has 1 saturated heterocycles. The minimum Gasteiger partial charge on any atom is -0.444 e. The number of pyridine rings is 1. The first-order chi connectivity index (χ1) is 20.6. The molecule has 2 aromatic heterocycles. The standard InChI is InChI=1S/C34H40N4O4S/c1-6-23-19-35-27-18-29(43-31(27)30(23)36-28(21-39)24-10-8-7-9-11-24)25-12-14-26(15-13-25)32(40)38-17-16-37(20-22(38)2)33(41)42-34(3,4)5/h7-15,18-19,22,28,39H,6,16-17,20-21H2,1-5H3,(H,35,36). The van der Waals surface area contributed by atoms with Crippen molar-refractivity contribution in [2.24, 2.45) is 0 Å². The predicted octanol–water partition coefficient (Wildman–Crippen LogP) is 6.75. The Kier molecular flexibility index (Phi) is 9.03. The van der Waals surface area contributed by atoms with Crippen LogP contribution in [0.25, 0.3) is 20.7 Å². The summed E-state index contributed by atoms with van der Waals surface area (Å²) in [5.74, 6) is -0.0454. The molecule has 3 heterocycles. The van der Waals surface area contributed by atoms with E-state index in [-0.39, 0.29) is 30.7 Å². The Morgan fingerprint density at radius 1 is 1.12 bits per heavy atom. The Labute approximate surface area is 257 Å². The third kappa shape index (κ3) is 6.84. The minimum absolute atomic E-state index is 0.0284. The molecule has 43 heavy (non-hydrogen) atoms. The van der Waals surface area contributed by atoms with Gasteiger partial charge < -0.3 is 25.0 Å². The summed E-state index contributed by atoms with van der Waals surface area (Å²) >= 11 is 1.65. The summed E-state index contributed by atoms with van der Waals surface area (Å²) in [7, 11) is 0. The van der Waals surface area contributed by atoms with E-state index in [9.17, 15) is 14.7 Å². The molecule has 8 nitrogen and oxygen atoms in total. The number of piperazine rings is 1. The molecule has 2 unspecified atom stereocenters. The lowest BCUT2D eigenvalue weighted by molar-refractivity contribution is 0.00617. The molecule has 0 aliphatic carbocycles. The lowest BCUT2D eigenvalue weighted by Crippen LogP contribution is -2.56. The number of amides is 2. The zero-order valence-electron chi connectivity index (χ0n) is 25.5. The fraction of sp³-hybridized carbons (Fsp3) is 0.382. The maximum Gasteiger partial charge on any atom is 0.410 e. The van der Waals surface area contributed by atoms with Crippen molar-refractivity contribution in [3.63, 3.8) is 0 Å². The summed E-state index contributed by atoms with van der Waals surface area (Å²) < 4.78 is 6.56. The van der Waals surface area contributed by atoms with Gasteiger partial charge in [-0.25, -0.2) is 4.79 Å². The maximum absolute atomic E-state index is 13.4. The number of hydrogen-bond acceptors (Lipinski definition) is 7. The molecule has 2 atom stereocenters. The number of anilines is 1. The number of ether oxygens (including phenoxy) is 1. The van der Waals surface area contributed by atoms with Crippen molar-refractivity contribution in [1.29, 1.82) is 0 Å². The van der Waals surface area contributed by atoms with Gasteiger partial charge in [0.05, 0.1) is 28.6 Å². The van der Waals surface area contributed by atoms with E-state index in [1.54, 1.807) is 16.2 Å². The van der Waals surface area contributed by atoms with Crippen LogP contribution in [0, 0.1) is 0 Å². The van der Waals surface area contributed by atoms with E-state index in [0.29, 0.717) is 25.2 Å². The van der Waals surface area contributed by atoms with Crippen molar-refractivity contribution < 1.29 is 19.4 Å². The van der Waals surface area contributed by atoms with Gasteiger partial charge in [-0.3, -0.25) is 9.78 Å². The van der Waals surface area contributed by atoms with E-state index in [0.717, 1.165) is 43.9 Å². The van der Waals surface area contributed by atoms with Crippen LogP contribution in [0.15, 0.2) is 66.9 Å². The van der Waals surface area contributed by atoms with Crippen molar-refractivity contribution in [1.82, 2.24) is 14.8 Å². The van der Waals surface area contributed by atoms with Crippen LogP contribution in [0.4, 0.5) is 10.5 Å². The van der Waals surface area contributed by atoms with Gasteiger partial charge in [0.2, 0.25) is 0 Å². The SMILES string of the molecule is CCc1cnc2cc(-c3ccc(C(=O)N4CCN(C(=O)OC(C)(C)C)CC4C)cc3)sc2c1NC(CO)c1ccccc1. The first kappa shape index (κ1) is 30.5. The number of carbonyl (C=O) groups excluding carboxylic acids is 2. The van der Waals surface area contributed by atoms with E-state index < -0.39 is 5.60 Å². The summed E-state index contributed by atoms with van der Waals surface area (Å²) in [5, 5.41) is 13.8. The third-order valence-electron chi connectivity index (χ3n) is 7.66. The maximum atomic E-state index is 13.4. The fourth-order valence-electron chi connectivity index (χ4n) is 5.37. The first-order valence-corrected chi connectivity index (χ1v) is 15.6. The highest BCUT2D eigenvalue weighted by Crippen LogP contribution is 2.39. The zero-order valence-corrected chi connectivity index (χ0v) is 26.3. The molecule has 2 aromatic carbocycles. The average molecular weight is 601 g/mol. The van der Waals surface area contributed by atoms with Crippen LogP contribution in [0.5, 0.6) is 0 Å². The van der Waals surface area contributed by atoms with Crippen LogP contribution in [0.3, 0.4) is 0 Å². The number of aliphatic hydroxyl groups is 1. The van der Waals surface area contributed by atoms with E-state index in [2.05, 4.69) is 18.3 Å². The van der Waals surface area contributed by atoms with Gasteiger partial charge in [0.25, 0.3) is 5.91 Å². The van der Waals surface area contributed by atoms with Crippen molar-refractivity contribution in [3.8, 4) is 10.4 Å². The second-order valence-electron chi connectivity index (χ2n) is 12.0. The van der Waals surface area contributed by atoms with E-state index in [1.807, 2.05) is 93.4 Å². The van der Waals surface area contributed by atoms with Crippen molar-refractivity contribution in [2.75, 3.05) is 31.6 Å². The molecule has 0 saturated carbocycles. The Bertz CT molecular complexity index is 1580. The number of aliphatic hydroxyl groups excluding tert-OH is 1. The van der Waals surface area contributed by atoms with Gasteiger partial charge in [0.15, 0.2) is 0 Å².